The first-order valence-corrected chi connectivity index (χ1v) is 8.69. The lowest BCUT2D eigenvalue weighted by atomic mass is 10.1. The molecular formula is C18H18N4OS. The maximum atomic E-state index is 5.29. The summed E-state index contributed by atoms with van der Waals surface area (Å²) in [5, 5.41) is 13.8. The molecule has 0 atom stereocenters. The van der Waals surface area contributed by atoms with Gasteiger partial charge in [0.1, 0.15) is 5.75 Å². The van der Waals surface area contributed by atoms with E-state index in [0.29, 0.717) is 0 Å². The van der Waals surface area contributed by atoms with E-state index in [4.69, 9.17) is 4.74 Å². The summed E-state index contributed by atoms with van der Waals surface area (Å²) in [4.78, 5) is 0. The number of hydrogen-bond acceptors (Lipinski definition) is 5. The van der Waals surface area contributed by atoms with Crippen LogP contribution in [-0.4, -0.2) is 34.5 Å². The molecule has 0 saturated carbocycles. The maximum absolute atomic E-state index is 5.29. The molecule has 6 heteroatoms. The lowest BCUT2D eigenvalue weighted by Gasteiger charge is -2.05. The summed E-state index contributed by atoms with van der Waals surface area (Å²) in [5.74, 6) is 1.59. The van der Waals surface area contributed by atoms with E-state index in [9.17, 15) is 0 Å². The minimum atomic E-state index is 0.724. The van der Waals surface area contributed by atoms with Crippen LogP contribution >= 0.6 is 11.8 Å². The largest absolute Gasteiger partial charge is 0.496 e. The molecule has 0 fully saturated rings. The highest BCUT2D eigenvalue weighted by Crippen LogP contribution is 2.22. The van der Waals surface area contributed by atoms with Gasteiger partial charge in [0.2, 0.25) is 5.16 Å². The Morgan fingerprint density at radius 1 is 1.12 bits per heavy atom. The molecule has 24 heavy (non-hydrogen) atoms. The van der Waals surface area contributed by atoms with E-state index in [0.717, 1.165) is 33.4 Å². The van der Waals surface area contributed by atoms with Crippen molar-refractivity contribution in [2.24, 2.45) is 5.10 Å². The highest BCUT2D eigenvalue weighted by atomic mass is 32.2. The number of methoxy groups -OCH3 is 1. The highest BCUT2D eigenvalue weighted by Gasteiger charge is 2.12. The molecule has 0 saturated heterocycles. The van der Waals surface area contributed by atoms with Gasteiger partial charge in [-0.15, -0.1) is 10.2 Å². The molecule has 0 spiro atoms. The van der Waals surface area contributed by atoms with E-state index < -0.39 is 0 Å². The Morgan fingerprint density at radius 2 is 1.92 bits per heavy atom. The Kier molecular flexibility index (Phi) is 4.96. The van der Waals surface area contributed by atoms with Gasteiger partial charge in [0.05, 0.1) is 13.3 Å². The van der Waals surface area contributed by atoms with E-state index in [1.54, 1.807) is 11.8 Å². The van der Waals surface area contributed by atoms with Crippen molar-refractivity contribution in [3.05, 3.63) is 59.7 Å². The molecule has 122 valence electrons. The zero-order chi connectivity index (χ0) is 16.9. The summed E-state index contributed by atoms with van der Waals surface area (Å²) in [7, 11) is 1.67. The van der Waals surface area contributed by atoms with Crippen molar-refractivity contribution in [2.75, 3.05) is 13.4 Å². The van der Waals surface area contributed by atoms with Gasteiger partial charge in [-0.2, -0.15) is 9.78 Å². The predicted molar refractivity (Wildman–Crippen MR) is 98.0 cm³/mol. The van der Waals surface area contributed by atoms with Crippen LogP contribution < -0.4 is 4.74 Å². The average molecular weight is 338 g/mol. The van der Waals surface area contributed by atoms with Crippen molar-refractivity contribution in [2.45, 2.75) is 12.1 Å². The first-order chi connectivity index (χ1) is 11.7. The summed E-state index contributed by atoms with van der Waals surface area (Å²) in [6, 6.07) is 15.9. The number of aromatic nitrogens is 3. The van der Waals surface area contributed by atoms with Crippen molar-refractivity contribution in [3.8, 4) is 17.1 Å². The van der Waals surface area contributed by atoms with Crippen LogP contribution in [0.2, 0.25) is 0 Å². The summed E-state index contributed by atoms with van der Waals surface area (Å²) >= 11 is 1.51. The number of ether oxygens (including phenoxy) is 1. The first-order valence-electron chi connectivity index (χ1n) is 7.46. The normalized spacial score (nSPS) is 11.1. The second-order valence-corrected chi connectivity index (χ2v) is 5.94. The van der Waals surface area contributed by atoms with Crippen molar-refractivity contribution in [1.29, 1.82) is 0 Å². The van der Waals surface area contributed by atoms with Crippen molar-refractivity contribution >= 4 is 18.0 Å². The molecule has 3 aromatic rings. The molecule has 1 heterocycles. The van der Waals surface area contributed by atoms with E-state index in [1.807, 2.05) is 67.9 Å². The Bertz CT molecular complexity index is 859. The van der Waals surface area contributed by atoms with Gasteiger partial charge in [0, 0.05) is 5.56 Å². The van der Waals surface area contributed by atoms with Gasteiger partial charge in [-0.3, -0.25) is 0 Å². The third-order valence-corrected chi connectivity index (χ3v) is 4.19. The van der Waals surface area contributed by atoms with Gasteiger partial charge in [0.25, 0.3) is 0 Å². The fourth-order valence-corrected chi connectivity index (χ4v) is 2.80. The number of benzene rings is 2. The third-order valence-electron chi connectivity index (χ3n) is 3.57. The summed E-state index contributed by atoms with van der Waals surface area (Å²) in [6.07, 6.45) is 3.77. The fraction of sp³-hybridized carbons (Fsp3) is 0.167. The van der Waals surface area contributed by atoms with Crippen LogP contribution in [0.25, 0.3) is 11.4 Å². The minimum Gasteiger partial charge on any atom is -0.496 e. The van der Waals surface area contributed by atoms with Crippen molar-refractivity contribution in [3.63, 3.8) is 0 Å². The monoisotopic (exact) mass is 338 g/mol. The topological polar surface area (TPSA) is 52.3 Å². The molecular weight excluding hydrogens is 320 g/mol. The molecule has 0 aliphatic rings. The molecule has 1 aromatic heterocycles. The first kappa shape index (κ1) is 16.3. The van der Waals surface area contributed by atoms with E-state index in [1.165, 1.54) is 11.8 Å². The van der Waals surface area contributed by atoms with Gasteiger partial charge in [-0.1, -0.05) is 42.1 Å². The van der Waals surface area contributed by atoms with Gasteiger partial charge < -0.3 is 4.74 Å². The SMILES string of the molecule is COc1ccc(/C=N\n2c(SC)nnc2-c2ccccc2)cc1C. The van der Waals surface area contributed by atoms with Crippen LogP contribution in [0.1, 0.15) is 11.1 Å². The Balaban J connectivity index is 1.97. The quantitative estimate of drug-likeness (QED) is 0.523. The number of rotatable bonds is 5. The molecule has 0 radical (unpaired) electrons. The zero-order valence-corrected chi connectivity index (χ0v) is 14.6. The maximum Gasteiger partial charge on any atom is 0.212 e. The molecule has 0 N–H and O–H groups in total. The van der Waals surface area contributed by atoms with Gasteiger partial charge in [-0.05, 0) is 42.5 Å². The van der Waals surface area contributed by atoms with E-state index in [-0.39, 0.29) is 0 Å². The standard InChI is InChI=1S/C18H18N4OS/c1-13-11-14(9-10-16(13)23-2)12-19-22-17(20-21-18(22)24-3)15-7-5-4-6-8-15/h4-12H,1-3H3/b19-12-. The predicted octanol–water partition coefficient (Wildman–Crippen LogP) is 3.87. The second-order valence-electron chi connectivity index (χ2n) is 5.16. The molecule has 2 aromatic carbocycles. The van der Waals surface area contributed by atoms with Crippen molar-refractivity contribution < 1.29 is 4.74 Å². The lowest BCUT2D eigenvalue weighted by Crippen LogP contribution is -1.97. The van der Waals surface area contributed by atoms with Crippen LogP contribution in [0.3, 0.4) is 0 Å². The molecule has 0 unspecified atom stereocenters. The molecule has 0 amide bonds. The third kappa shape index (κ3) is 3.33. The number of hydrogen-bond donors (Lipinski definition) is 0. The number of nitrogens with zero attached hydrogens (tertiary/aromatic N) is 4. The van der Waals surface area contributed by atoms with Crippen LogP contribution in [0, 0.1) is 6.92 Å². The van der Waals surface area contributed by atoms with Gasteiger partial charge in [-0.25, -0.2) is 0 Å². The van der Waals surface area contributed by atoms with Gasteiger partial charge >= 0.3 is 0 Å². The molecule has 0 aliphatic heterocycles. The Hall–Kier alpha value is -2.60. The number of aryl methyl sites for hydroxylation is 1. The number of thioether (sulfide) groups is 1. The van der Waals surface area contributed by atoms with Crippen LogP contribution in [0.15, 0.2) is 58.8 Å². The Labute approximate surface area is 145 Å². The molecule has 0 aliphatic carbocycles. The fourth-order valence-electron chi connectivity index (χ4n) is 2.37. The highest BCUT2D eigenvalue weighted by molar-refractivity contribution is 7.98. The minimum absolute atomic E-state index is 0.724. The zero-order valence-electron chi connectivity index (χ0n) is 13.8. The lowest BCUT2D eigenvalue weighted by molar-refractivity contribution is 0.411. The van der Waals surface area contributed by atoms with Crippen LogP contribution in [0.5, 0.6) is 5.75 Å². The summed E-state index contributed by atoms with van der Waals surface area (Å²) in [6.45, 7) is 2.01. The van der Waals surface area contributed by atoms with E-state index in [2.05, 4.69) is 15.3 Å². The van der Waals surface area contributed by atoms with Crippen LogP contribution in [-0.2, 0) is 0 Å². The Morgan fingerprint density at radius 3 is 2.58 bits per heavy atom. The summed E-state index contributed by atoms with van der Waals surface area (Å²) in [5.41, 5.74) is 3.04. The molecule has 0 bridgehead atoms. The van der Waals surface area contributed by atoms with Crippen LogP contribution in [0.4, 0.5) is 0 Å². The average Bonchev–Trinajstić information content (AvgIpc) is 3.03. The molecule has 5 nitrogen and oxygen atoms in total. The van der Waals surface area contributed by atoms with E-state index >= 15 is 0 Å². The summed E-state index contributed by atoms with van der Waals surface area (Å²) < 4.78 is 7.05. The smallest absolute Gasteiger partial charge is 0.212 e. The second kappa shape index (κ2) is 7.31. The van der Waals surface area contributed by atoms with Crippen molar-refractivity contribution in [1.82, 2.24) is 14.9 Å². The molecule has 3 rings (SSSR count). The van der Waals surface area contributed by atoms with Gasteiger partial charge in [0.15, 0.2) is 5.82 Å².